The molecule has 2 amide bonds. The third-order valence-corrected chi connectivity index (χ3v) is 5.71. The number of carbonyl (C=O) groups is 2. The zero-order valence-corrected chi connectivity index (χ0v) is 18.1. The predicted molar refractivity (Wildman–Crippen MR) is 114 cm³/mol. The first-order chi connectivity index (χ1) is 13.8. The SMILES string of the molecule is COc1ccc(Cl)cc1C(=O)N1CCC[C@@H]1C(=O)N(C)Cc1ccc(C)cc1C. The van der Waals surface area contributed by atoms with Crippen LogP contribution in [0.25, 0.3) is 0 Å². The summed E-state index contributed by atoms with van der Waals surface area (Å²) < 4.78 is 5.32. The molecule has 0 unspecified atom stereocenters. The van der Waals surface area contributed by atoms with Crippen LogP contribution in [0.3, 0.4) is 0 Å². The van der Waals surface area contributed by atoms with Gasteiger partial charge in [0.2, 0.25) is 5.91 Å². The van der Waals surface area contributed by atoms with Crippen LogP contribution in [0.15, 0.2) is 36.4 Å². The van der Waals surface area contributed by atoms with E-state index in [-0.39, 0.29) is 11.8 Å². The average Bonchev–Trinajstić information content (AvgIpc) is 3.18. The number of hydrogen-bond acceptors (Lipinski definition) is 3. The molecule has 1 aliphatic heterocycles. The number of aryl methyl sites for hydroxylation is 2. The fraction of sp³-hybridized carbons (Fsp3) is 0.391. The molecule has 0 aromatic heterocycles. The van der Waals surface area contributed by atoms with Crippen LogP contribution in [-0.4, -0.2) is 48.4 Å². The van der Waals surface area contributed by atoms with Crippen molar-refractivity contribution in [2.45, 2.75) is 39.3 Å². The molecule has 5 nitrogen and oxygen atoms in total. The first kappa shape index (κ1) is 21.2. The Labute approximate surface area is 177 Å². The summed E-state index contributed by atoms with van der Waals surface area (Å²) in [7, 11) is 3.31. The number of carbonyl (C=O) groups excluding carboxylic acids is 2. The van der Waals surface area contributed by atoms with Gasteiger partial charge in [0.25, 0.3) is 5.91 Å². The van der Waals surface area contributed by atoms with E-state index in [0.717, 1.165) is 17.5 Å². The lowest BCUT2D eigenvalue weighted by Crippen LogP contribution is -2.46. The highest BCUT2D eigenvalue weighted by molar-refractivity contribution is 6.31. The normalized spacial score (nSPS) is 16.0. The van der Waals surface area contributed by atoms with E-state index in [2.05, 4.69) is 32.0 Å². The van der Waals surface area contributed by atoms with Crippen LogP contribution < -0.4 is 4.74 Å². The van der Waals surface area contributed by atoms with Gasteiger partial charge in [-0.05, 0) is 56.0 Å². The summed E-state index contributed by atoms with van der Waals surface area (Å²) in [5.41, 5.74) is 3.85. The summed E-state index contributed by atoms with van der Waals surface area (Å²) in [4.78, 5) is 29.7. The van der Waals surface area contributed by atoms with Gasteiger partial charge in [0.15, 0.2) is 0 Å². The Balaban J connectivity index is 1.78. The largest absolute Gasteiger partial charge is 0.496 e. The van der Waals surface area contributed by atoms with E-state index < -0.39 is 6.04 Å². The third kappa shape index (κ3) is 4.56. The van der Waals surface area contributed by atoms with E-state index in [0.29, 0.717) is 35.8 Å². The molecule has 2 aromatic carbocycles. The molecule has 0 N–H and O–H groups in total. The number of benzene rings is 2. The highest BCUT2D eigenvalue weighted by Crippen LogP contribution is 2.28. The Morgan fingerprint density at radius 3 is 2.66 bits per heavy atom. The summed E-state index contributed by atoms with van der Waals surface area (Å²) in [6.07, 6.45) is 1.45. The molecular weight excluding hydrogens is 388 g/mol. The van der Waals surface area contributed by atoms with Gasteiger partial charge in [0.1, 0.15) is 11.8 Å². The van der Waals surface area contributed by atoms with Crippen LogP contribution in [0, 0.1) is 13.8 Å². The second-order valence-corrected chi connectivity index (χ2v) is 8.06. The maximum atomic E-state index is 13.2. The van der Waals surface area contributed by atoms with Crippen LogP contribution >= 0.6 is 11.6 Å². The lowest BCUT2D eigenvalue weighted by molar-refractivity contribution is -0.134. The zero-order valence-electron chi connectivity index (χ0n) is 17.4. The fourth-order valence-electron chi connectivity index (χ4n) is 3.88. The topological polar surface area (TPSA) is 49.9 Å². The van der Waals surface area contributed by atoms with E-state index >= 15 is 0 Å². The highest BCUT2D eigenvalue weighted by atomic mass is 35.5. The number of halogens is 1. The molecule has 1 aliphatic rings. The number of likely N-dealkylation sites (tertiary alicyclic amines) is 1. The van der Waals surface area contributed by atoms with Crippen molar-refractivity contribution in [3.8, 4) is 5.75 Å². The number of likely N-dealkylation sites (N-methyl/N-ethyl adjacent to an activating group) is 1. The Bertz CT molecular complexity index is 928. The lowest BCUT2D eigenvalue weighted by Gasteiger charge is -2.29. The van der Waals surface area contributed by atoms with Gasteiger partial charge in [-0.3, -0.25) is 9.59 Å². The van der Waals surface area contributed by atoms with Gasteiger partial charge >= 0.3 is 0 Å². The Morgan fingerprint density at radius 2 is 1.97 bits per heavy atom. The smallest absolute Gasteiger partial charge is 0.258 e. The van der Waals surface area contributed by atoms with E-state index in [1.54, 1.807) is 35.0 Å². The van der Waals surface area contributed by atoms with Crippen molar-refractivity contribution < 1.29 is 14.3 Å². The van der Waals surface area contributed by atoms with Crippen molar-refractivity contribution in [3.05, 3.63) is 63.7 Å². The van der Waals surface area contributed by atoms with Gasteiger partial charge in [-0.2, -0.15) is 0 Å². The molecular formula is C23H27ClN2O3. The van der Waals surface area contributed by atoms with Crippen molar-refractivity contribution in [1.82, 2.24) is 9.80 Å². The minimum absolute atomic E-state index is 0.0446. The summed E-state index contributed by atoms with van der Waals surface area (Å²) in [5, 5.41) is 0.461. The first-order valence-electron chi connectivity index (χ1n) is 9.77. The average molecular weight is 415 g/mol. The second kappa shape index (κ2) is 8.87. The molecule has 154 valence electrons. The molecule has 29 heavy (non-hydrogen) atoms. The van der Waals surface area contributed by atoms with Gasteiger partial charge < -0.3 is 14.5 Å². The van der Waals surface area contributed by atoms with Gasteiger partial charge in [0.05, 0.1) is 12.7 Å². The van der Waals surface area contributed by atoms with Crippen molar-refractivity contribution in [2.24, 2.45) is 0 Å². The number of rotatable bonds is 5. The molecule has 1 saturated heterocycles. The number of hydrogen-bond donors (Lipinski definition) is 0. The number of ether oxygens (including phenoxy) is 1. The van der Waals surface area contributed by atoms with Crippen molar-refractivity contribution in [2.75, 3.05) is 20.7 Å². The molecule has 1 fully saturated rings. The van der Waals surface area contributed by atoms with Crippen LogP contribution in [0.2, 0.25) is 5.02 Å². The van der Waals surface area contributed by atoms with Crippen LogP contribution in [-0.2, 0) is 11.3 Å². The Morgan fingerprint density at radius 1 is 1.21 bits per heavy atom. The quantitative estimate of drug-likeness (QED) is 0.735. The van der Waals surface area contributed by atoms with E-state index in [1.807, 2.05) is 0 Å². The van der Waals surface area contributed by atoms with Crippen LogP contribution in [0.1, 0.15) is 39.9 Å². The van der Waals surface area contributed by atoms with Crippen molar-refractivity contribution in [1.29, 1.82) is 0 Å². The summed E-state index contributed by atoms with van der Waals surface area (Å²) in [5.74, 6) is 0.193. The molecule has 0 saturated carbocycles. The molecule has 1 heterocycles. The maximum Gasteiger partial charge on any atom is 0.258 e. The van der Waals surface area contributed by atoms with E-state index in [4.69, 9.17) is 16.3 Å². The molecule has 2 aromatic rings. The van der Waals surface area contributed by atoms with Crippen molar-refractivity contribution >= 4 is 23.4 Å². The molecule has 0 aliphatic carbocycles. The summed E-state index contributed by atoms with van der Waals surface area (Å²) >= 11 is 6.09. The van der Waals surface area contributed by atoms with Gasteiger partial charge in [-0.25, -0.2) is 0 Å². The first-order valence-corrected chi connectivity index (χ1v) is 10.1. The zero-order chi connectivity index (χ0) is 21.1. The van der Waals surface area contributed by atoms with Crippen LogP contribution in [0.4, 0.5) is 0 Å². The number of amides is 2. The molecule has 0 bridgehead atoms. The number of nitrogens with zero attached hydrogens (tertiary/aromatic N) is 2. The molecule has 3 rings (SSSR count). The standard InChI is InChI=1S/C23H27ClN2O3/c1-15-7-8-17(16(2)12-15)14-25(3)23(28)20-6-5-11-26(20)22(27)19-13-18(24)9-10-21(19)29-4/h7-10,12-13,20H,5-6,11,14H2,1-4H3/t20-/m1/s1. The molecule has 6 heteroatoms. The lowest BCUT2D eigenvalue weighted by atomic mass is 10.0. The van der Waals surface area contributed by atoms with Crippen molar-refractivity contribution in [3.63, 3.8) is 0 Å². The van der Waals surface area contributed by atoms with Gasteiger partial charge in [-0.15, -0.1) is 0 Å². The third-order valence-electron chi connectivity index (χ3n) is 5.47. The Kier molecular flexibility index (Phi) is 6.48. The monoisotopic (exact) mass is 414 g/mol. The minimum atomic E-state index is -0.470. The molecule has 0 spiro atoms. The van der Waals surface area contributed by atoms with Gasteiger partial charge in [0, 0.05) is 25.2 Å². The minimum Gasteiger partial charge on any atom is -0.496 e. The van der Waals surface area contributed by atoms with E-state index in [1.165, 1.54) is 12.7 Å². The summed E-state index contributed by atoms with van der Waals surface area (Å²) in [6.45, 7) is 5.17. The van der Waals surface area contributed by atoms with E-state index in [9.17, 15) is 9.59 Å². The molecule has 1 atom stereocenters. The molecule has 0 radical (unpaired) electrons. The van der Waals surface area contributed by atoms with Crippen LogP contribution in [0.5, 0.6) is 5.75 Å². The predicted octanol–water partition coefficient (Wildman–Crippen LogP) is 4.23. The fourth-order valence-corrected chi connectivity index (χ4v) is 4.05. The maximum absolute atomic E-state index is 13.2. The Hall–Kier alpha value is -2.53. The summed E-state index contributed by atoms with van der Waals surface area (Å²) in [6, 6.07) is 10.7. The van der Waals surface area contributed by atoms with Gasteiger partial charge in [-0.1, -0.05) is 35.4 Å². The second-order valence-electron chi connectivity index (χ2n) is 7.63. The highest BCUT2D eigenvalue weighted by Gasteiger charge is 2.37. The number of methoxy groups -OCH3 is 1.